The van der Waals surface area contributed by atoms with E-state index in [0.717, 1.165) is 72.5 Å². The van der Waals surface area contributed by atoms with Gasteiger partial charge in [0.15, 0.2) is 5.60 Å². The van der Waals surface area contributed by atoms with Gasteiger partial charge in [0.1, 0.15) is 17.2 Å². The molecule has 4 aromatic carbocycles. The average Bonchev–Trinajstić information content (AvgIpc) is 3.30. The molecule has 4 aromatic rings. The molecule has 0 aromatic heterocycles. The lowest BCUT2D eigenvalue weighted by atomic mass is 9.77. The minimum Gasteiger partial charge on any atom is -0.494 e. The minimum atomic E-state index is -1.15. The number of anilines is 3. The number of carbonyl (C=O) groups excluding carboxylic acids is 1. The van der Waals surface area contributed by atoms with Crippen molar-refractivity contribution in [3.63, 3.8) is 0 Å². The van der Waals surface area contributed by atoms with E-state index >= 15 is 0 Å². The zero-order valence-corrected chi connectivity index (χ0v) is 23.9. The highest BCUT2D eigenvalue weighted by atomic mass is 16.6. The normalized spacial score (nSPS) is 16.3. The number of fused-ring (bicyclic) bond motifs is 6. The Balaban J connectivity index is 1.53. The van der Waals surface area contributed by atoms with Gasteiger partial charge in [-0.25, -0.2) is 4.79 Å². The zero-order valence-electron chi connectivity index (χ0n) is 23.9. The van der Waals surface area contributed by atoms with E-state index in [2.05, 4.69) is 42.3 Å². The van der Waals surface area contributed by atoms with Gasteiger partial charge < -0.3 is 24.4 Å². The number of hydrogen-bond acceptors (Lipinski definition) is 6. The molecule has 2 heterocycles. The quantitative estimate of drug-likeness (QED) is 0.201. The molecule has 0 fully saturated rings. The van der Waals surface area contributed by atoms with Gasteiger partial charge in [0.05, 0.1) is 18.4 Å². The van der Waals surface area contributed by atoms with E-state index in [4.69, 9.17) is 14.2 Å². The van der Waals surface area contributed by atoms with Gasteiger partial charge in [-0.15, -0.1) is 0 Å². The number of benzene rings is 4. The fourth-order valence-corrected chi connectivity index (χ4v) is 5.90. The third-order valence-electron chi connectivity index (χ3n) is 8.00. The van der Waals surface area contributed by atoms with E-state index < -0.39 is 5.60 Å². The van der Waals surface area contributed by atoms with Crippen molar-refractivity contribution >= 4 is 23.0 Å². The summed E-state index contributed by atoms with van der Waals surface area (Å²) in [6.45, 7) is 6.40. The van der Waals surface area contributed by atoms with Crippen LogP contribution in [0.4, 0.5) is 17.1 Å². The predicted molar refractivity (Wildman–Crippen MR) is 163 cm³/mol. The second-order valence-corrected chi connectivity index (χ2v) is 10.6. The van der Waals surface area contributed by atoms with Gasteiger partial charge >= 0.3 is 5.97 Å². The topological polar surface area (TPSA) is 60.0 Å². The first kappa shape index (κ1) is 26.8. The third-order valence-corrected chi connectivity index (χ3v) is 8.00. The number of nitrogens with zero attached hydrogens (tertiary/aromatic N) is 1. The van der Waals surface area contributed by atoms with Crippen LogP contribution in [0, 0.1) is 0 Å². The van der Waals surface area contributed by atoms with Gasteiger partial charge in [0.25, 0.3) is 0 Å². The Morgan fingerprint density at radius 3 is 2.24 bits per heavy atom. The van der Waals surface area contributed by atoms with Crippen molar-refractivity contribution in [3.8, 4) is 17.2 Å². The number of nitrogens with one attached hydrogen (secondary N) is 1. The van der Waals surface area contributed by atoms with Crippen LogP contribution in [0.25, 0.3) is 0 Å². The van der Waals surface area contributed by atoms with Crippen molar-refractivity contribution in [2.45, 2.75) is 45.1 Å². The molecule has 1 atom stereocenters. The number of methoxy groups -OCH3 is 1. The second kappa shape index (κ2) is 11.2. The summed E-state index contributed by atoms with van der Waals surface area (Å²) in [7, 11) is 1.65. The predicted octanol–water partition coefficient (Wildman–Crippen LogP) is 8.41. The molecular formula is C35H36N2O4. The first-order valence-electron chi connectivity index (χ1n) is 14.5. The Morgan fingerprint density at radius 2 is 1.51 bits per heavy atom. The number of rotatable bonds is 10. The maximum atomic E-state index is 13.4. The fourth-order valence-electron chi connectivity index (χ4n) is 5.90. The molecule has 1 unspecified atom stereocenters. The lowest BCUT2D eigenvalue weighted by Crippen LogP contribution is -2.33. The Bertz CT molecular complexity index is 1560. The molecule has 1 spiro atoms. The standard InChI is InChI=1S/C35H36N2O4/c1-4-6-19-37(20-7-5-2)25-17-18-28-31(21-25)40-32-23-33(39-3)30(36-24-13-9-8-10-14-24)22-29(32)35(28)27-16-12-11-15-26(27)34(38)41-35/h8-18,21-23,36H,4-7,19-20H2,1-3H3. The molecule has 6 heteroatoms. The average molecular weight is 549 g/mol. The lowest BCUT2D eigenvalue weighted by molar-refractivity contribution is 0.0224. The van der Waals surface area contributed by atoms with Crippen molar-refractivity contribution < 1.29 is 19.0 Å². The van der Waals surface area contributed by atoms with Gasteiger partial charge in [-0.05, 0) is 49.2 Å². The molecule has 0 aliphatic carbocycles. The van der Waals surface area contributed by atoms with Gasteiger partial charge in [-0.1, -0.05) is 63.1 Å². The maximum absolute atomic E-state index is 13.4. The summed E-state index contributed by atoms with van der Waals surface area (Å²) in [5.74, 6) is 1.57. The van der Waals surface area contributed by atoms with Crippen LogP contribution >= 0.6 is 0 Å². The third kappa shape index (κ3) is 4.67. The Hall–Kier alpha value is -4.45. The maximum Gasteiger partial charge on any atom is 0.340 e. The summed E-state index contributed by atoms with van der Waals surface area (Å²) in [4.78, 5) is 15.8. The monoisotopic (exact) mass is 548 g/mol. The number of para-hydroxylation sites is 1. The number of ether oxygens (including phenoxy) is 3. The van der Waals surface area contributed by atoms with Crippen LogP contribution in [0.5, 0.6) is 17.2 Å². The van der Waals surface area contributed by atoms with E-state index in [-0.39, 0.29) is 5.97 Å². The first-order valence-corrected chi connectivity index (χ1v) is 14.5. The van der Waals surface area contributed by atoms with Gasteiger partial charge in [-0.2, -0.15) is 0 Å². The van der Waals surface area contributed by atoms with Crippen molar-refractivity contribution in [2.24, 2.45) is 0 Å². The second-order valence-electron chi connectivity index (χ2n) is 10.6. The van der Waals surface area contributed by atoms with Gasteiger partial charge in [0.2, 0.25) is 0 Å². The highest BCUT2D eigenvalue weighted by molar-refractivity contribution is 5.97. The molecule has 6 rings (SSSR count). The summed E-state index contributed by atoms with van der Waals surface area (Å²) in [6, 6.07) is 27.8. The van der Waals surface area contributed by atoms with Crippen LogP contribution < -0.4 is 19.7 Å². The number of hydrogen-bond donors (Lipinski definition) is 1. The van der Waals surface area contributed by atoms with E-state index in [9.17, 15) is 4.79 Å². The van der Waals surface area contributed by atoms with Gasteiger partial charge in [-0.3, -0.25) is 0 Å². The molecule has 6 nitrogen and oxygen atoms in total. The lowest BCUT2D eigenvalue weighted by Gasteiger charge is -2.38. The van der Waals surface area contributed by atoms with Crippen LogP contribution in [0.1, 0.15) is 66.6 Å². The molecule has 0 radical (unpaired) electrons. The van der Waals surface area contributed by atoms with Crippen LogP contribution in [0.2, 0.25) is 0 Å². The summed E-state index contributed by atoms with van der Waals surface area (Å²) >= 11 is 0. The summed E-state index contributed by atoms with van der Waals surface area (Å²) in [6.07, 6.45) is 4.50. The van der Waals surface area contributed by atoms with E-state index in [0.29, 0.717) is 22.8 Å². The SMILES string of the molecule is CCCCN(CCCC)c1ccc2c(c1)Oc1cc(OC)c(Nc3ccccc3)cc1C21OC(=O)c2ccccc21. The largest absolute Gasteiger partial charge is 0.494 e. The van der Waals surface area contributed by atoms with Crippen molar-refractivity contribution in [1.82, 2.24) is 0 Å². The number of esters is 1. The van der Waals surface area contributed by atoms with E-state index in [1.165, 1.54) is 0 Å². The molecule has 41 heavy (non-hydrogen) atoms. The van der Waals surface area contributed by atoms with Crippen LogP contribution in [-0.4, -0.2) is 26.2 Å². The molecule has 0 bridgehead atoms. The van der Waals surface area contributed by atoms with Crippen LogP contribution in [0.3, 0.4) is 0 Å². The molecule has 2 aliphatic heterocycles. The Kier molecular flexibility index (Phi) is 7.31. The number of carbonyl (C=O) groups is 1. The number of unbranched alkanes of at least 4 members (excludes halogenated alkanes) is 2. The van der Waals surface area contributed by atoms with Crippen LogP contribution in [0.15, 0.2) is 84.9 Å². The van der Waals surface area contributed by atoms with Crippen molar-refractivity contribution in [2.75, 3.05) is 30.4 Å². The summed E-state index contributed by atoms with van der Waals surface area (Å²) in [5.41, 5.74) is 4.58. The molecule has 2 aliphatic rings. The molecule has 0 amide bonds. The molecule has 0 saturated heterocycles. The Morgan fingerprint density at radius 1 is 0.805 bits per heavy atom. The van der Waals surface area contributed by atoms with Crippen molar-refractivity contribution in [1.29, 1.82) is 0 Å². The van der Waals surface area contributed by atoms with E-state index in [1.54, 1.807) is 7.11 Å². The van der Waals surface area contributed by atoms with Gasteiger partial charge in [0, 0.05) is 53.3 Å². The smallest absolute Gasteiger partial charge is 0.340 e. The van der Waals surface area contributed by atoms with Crippen molar-refractivity contribution in [3.05, 3.63) is 107 Å². The molecule has 0 saturated carbocycles. The zero-order chi connectivity index (χ0) is 28.4. The first-order chi connectivity index (χ1) is 20.1. The summed E-state index contributed by atoms with van der Waals surface area (Å²) < 4.78 is 18.9. The van der Waals surface area contributed by atoms with E-state index in [1.807, 2.05) is 66.7 Å². The van der Waals surface area contributed by atoms with Crippen LogP contribution in [-0.2, 0) is 10.3 Å². The fraction of sp³-hybridized carbons (Fsp3) is 0.286. The highest BCUT2D eigenvalue weighted by Gasteiger charge is 2.53. The summed E-state index contributed by atoms with van der Waals surface area (Å²) in [5, 5.41) is 3.47. The highest BCUT2D eigenvalue weighted by Crippen LogP contribution is 2.58. The molecule has 1 N–H and O–H groups in total. The molecule has 210 valence electrons. The Labute approximate surface area is 241 Å². The molecular weight excluding hydrogens is 512 g/mol. The minimum absolute atomic E-state index is 0.343.